The minimum absolute atomic E-state index is 0.163. The molecule has 1 heterocycles. The van der Waals surface area contributed by atoms with Crippen molar-refractivity contribution in [2.75, 3.05) is 13.2 Å². The number of halogens is 1. The van der Waals surface area contributed by atoms with Crippen LogP contribution in [0, 0.1) is 23.1 Å². The standard InChI is InChI=1S/C28H30FNO2/c1-2-3-4-5-22-18-31-28(32-19-22)25-14-15-26-24(16-25)13-12-23(27(26)29)11-10-20-6-8-21(17-30)9-7-20/h6-9,12-16,22,28H,2-5,10-11,18-19H2,1H3. The van der Waals surface area contributed by atoms with Crippen molar-refractivity contribution in [3.05, 3.63) is 82.7 Å². The van der Waals surface area contributed by atoms with Gasteiger partial charge in [0.2, 0.25) is 0 Å². The first-order valence-electron chi connectivity index (χ1n) is 11.6. The zero-order valence-corrected chi connectivity index (χ0v) is 18.6. The molecule has 0 aromatic heterocycles. The van der Waals surface area contributed by atoms with Crippen molar-refractivity contribution in [1.82, 2.24) is 0 Å². The van der Waals surface area contributed by atoms with Crippen molar-refractivity contribution in [3.8, 4) is 6.07 Å². The highest BCUT2D eigenvalue weighted by molar-refractivity contribution is 5.84. The Morgan fingerprint density at radius 1 is 0.969 bits per heavy atom. The fourth-order valence-electron chi connectivity index (χ4n) is 4.31. The molecule has 4 heteroatoms. The number of benzene rings is 3. The lowest BCUT2D eigenvalue weighted by atomic mass is 9.98. The van der Waals surface area contributed by atoms with Gasteiger partial charge in [-0.1, -0.05) is 62.6 Å². The fraction of sp³-hybridized carbons (Fsp3) is 0.393. The Balaban J connectivity index is 1.40. The Kier molecular flexibility index (Phi) is 7.52. The molecule has 0 atom stereocenters. The summed E-state index contributed by atoms with van der Waals surface area (Å²) >= 11 is 0. The molecule has 1 fully saturated rings. The van der Waals surface area contributed by atoms with Gasteiger partial charge in [-0.2, -0.15) is 5.26 Å². The van der Waals surface area contributed by atoms with Crippen molar-refractivity contribution < 1.29 is 13.9 Å². The Bertz CT molecular complexity index is 1080. The van der Waals surface area contributed by atoms with Gasteiger partial charge in [0.05, 0.1) is 24.8 Å². The van der Waals surface area contributed by atoms with Gasteiger partial charge in [-0.3, -0.25) is 0 Å². The van der Waals surface area contributed by atoms with Crippen LogP contribution in [0.5, 0.6) is 0 Å². The van der Waals surface area contributed by atoms with Gasteiger partial charge >= 0.3 is 0 Å². The summed E-state index contributed by atoms with van der Waals surface area (Å²) in [4.78, 5) is 0. The van der Waals surface area contributed by atoms with E-state index in [-0.39, 0.29) is 12.1 Å². The first-order chi connectivity index (χ1) is 15.7. The van der Waals surface area contributed by atoms with Gasteiger partial charge in [0, 0.05) is 16.9 Å². The zero-order valence-electron chi connectivity index (χ0n) is 18.6. The maximum Gasteiger partial charge on any atom is 0.183 e. The van der Waals surface area contributed by atoms with E-state index in [1.165, 1.54) is 19.3 Å². The van der Waals surface area contributed by atoms with Crippen molar-refractivity contribution >= 4 is 10.8 Å². The number of aryl methyl sites for hydroxylation is 2. The molecule has 0 bridgehead atoms. The molecule has 3 aromatic carbocycles. The number of fused-ring (bicyclic) bond motifs is 1. The lowest BCUT2D eigenvalue weighted by molar-refractivity contribution is -0.206. The van der Waals surface area contributed by atoms with Crippen LogP contribution in [-0.4, -0.2) is 13.2 Å². The molecule has 0 N–H and O–H groups in total. The minimum Gasteiger partial charge on any atom is -0.348 e. The monoisotopic (exact) mass is 431 g/mol. The summed E-state index contributed by atoms with van der Waals surface area (Å²) in [5.74, 6) is 0.304. The number of ether oxygens (including phenoxy) is 2. The largest absolute Gasteiger partial charge is 0.348 e. The third-order valence-electron chi connectivity index (χ3n) is 6.28. The van der Waals surface area contributed by atoms with Gasteiger partial charge in [-0.25, -0.2) is 4.39 Å². The normalized spacial score (nSPS) is 18.5. The van der Waals surface area contributed by atoms with Crippen LogP contribution in [0.1, 0.15) is 61.2 Å². The summed E-state index contributed by atoms with van der Waals surface area (Å²) in [6.45, 7) is 3.65. The number of hydrogen-bond donors (Lipinski definition) is 0. The van der Waals surface area contributed by atoms with Crippen LogP contribution in [0.2, 0.25) is 0 Å². The topological polar surface area (TPSA) is 42.2 Å². The Hall–Kier alpha value is -2.74. The van der Waals surface area contributed by atoms with E-state index < -0.39 is 0 Å². The number of hydrogen-bond acceptors (Lipinski definition) is 3. The fourth-order valence-corrected chi connectivity index (χ4v) is 4.31. The molecule has 32 heavy (non-hydrogen) atoms. The molecular formula is C28H30FNO2. The van der Waals surface area contributed by atoms with E-state index in [0.29, 0.717) is 28.9 Å². The van der Waals surface area contributed by atoms with Crippen LogP contribution in [0.3, 0.4) is 0 Å². The van der Waals surface area contributed by atoms with Crippen molar-refractivity contribution in [2.45, 2.75) is 51.7 Å². The molecular weight excluding hydrogens is 401 g/mol. The summed E-state index contributed by atoms with van der Waals surface area (Å²) < 4.78 is 27.1. The molecule has 0 saturated carbocycles. The van der Waals surface area contributed by atoms with E-state index in [0.717, 1.165) is 42.6 Å². The highest BCUT2D eigenvalue weighted by atomic mass is 19.1. The van der Waals surface area contributed by atoms with E-state index in [1.54, 1.807) is 12.1 Å². The second-order valence-electron chi connectivity index (χ2n) is 8.69. The van der Waals surface area contributed by atoms with Crippen molar-refractivity contribution in [1.29, 1.82) is 5.26 Å². The molecule has 1 aliphatic heterocycles. The van der Waals surface area contributed by atoms with Gasteiger partial charge < -0.3 is 9.47 Å². The number of nitrogens with zero attached hydrogens (tertiary/aromatic N) is 1. The van der Waals surface area contributed by atoms with Gasteiger partial charge in [0.25, 0.3) is 0 Å². The van der Waals surface area contributed by atoms with Crippen LogP contribution >= 0.6 is 0 Å². The molecule has 4 rings (SSSR count). The maximum atomic E-state index is 15.2. The summed E-state index contributed by atoms with van der Waals surface area (Å²) in [7, 11) is 0. The van der Waals surface area contributed by atoms with Gasteiger partial charge in [-0.05, 0) is 54.0 Å². The SMILES string of the molecule is CCCCCC1COC(c2ccc3c(F)c(CCc4ccc(C#N)cc4)ccc3c2)OC1. The smallest absolute Gasteiger partial charge is 0.183 e. The molecule has 0 amide bonds. The van der Waals surface area contributed by atoms with Gasteiger partial charge in [-0.15, -0.1) is 0 Å². The van der Waals surface area contributed by atoms with E-state index in [4.69, 9.17) is 14.7 Å². The first kappa shape index (κ1) is 22.5. The Labute approximate surface area is 189 Å². The van der Waals surface area contributed by atoms with Crippen molar-refractivity contribution in [2.24, 2.45) is 5.92 Å². The average molecular weight is 432 g/mol. The lowest BCUT2D eigenvalue weighted by Gasteiger charge is -2.29. The number of nitriles is 1. The molecule has 0 radical (unpaired) electrons. The minimum atomic E-state index is -0.374. The summed E-state index contributed by atoms with van der Waals surface area (Å²) in [6.07, 6.45) is 5.82. The highest BCUT2D eigenvalue weighted by Gasteiger charge is 2.23. The van der Waals surface area contributed by atoms with Crippen LogP contribution in [0.15, 0.2) is 54.6 Å². The Morgan fingerprint density at radius 3 is 2.47 bits per heavy atom. The third kappa shape index (κ3) is 5.35. The predicted octanol–water partition coefficient (Wildman–Crippen LogP) is 6.88. The molecule has 3 nitrogen and oxygen atoms in total. The second kappa shape index (κ2) is 10.7. The molecule has 0 unspecified atom stereocenters. The number of unbranched alkanes of at least 4 members (excludes halogenated alkanes) is 2. The van der Waals surface area contributed by atoms with Crippen LogP contribution in [-0.2, 0) is 22.3 Å². The molecule has 1 saturated heterocycles. The molecule has 0 spiro atoms. The predicted molar refractivity (Wildman–Crippen MR) is 125 cm³/mol. The average Bonchev–Trinajstić information content (AvgIpc) is 2.84. The molecule has 166 valence electrons. The van der Waals surface area contributed by atoms with E-state index in [2.05, 4.69) is 13.0 Å². The van der Waals surface area contributed by atoms with Crippen LogP contribution in [0.4, 0.5) is 4.39 Å². The van der Waals surface area contributed by atoms with Crippen LogP contribution < -0.4 is 0 Å². The molecule has 0 aliphatic carbocycles. The second-order valence-corrected chi connectivity index (χ2v) is 8.69. The summed E-state index contributed by atoms with van der Waals surface area (Å²) in [6, 6.07) is 19.2. The summed E-state index contributed by atoms with van der Waals surface area (Å²) in [5.41, 5.74) is 3.38. The highest BCUT2D eigenvalue weighted by Crippen LogP contribution is 2.31. The van der Waals surface area contributed by atoms with Gasteiger partial charge in [0.1, 0.15) is 5.82 Å². The summed E-state index contributed by atoms with van der Waals surface area (Å²) in [5, 5.41) is 10.4. The quantitative estimate of drug-likeness (QED) is 0.365. The zero-order chi connectivity index (χ0) is 22.3. The van der Waals surface area contributed by atoms with E-state index in [9.17, 15) is 0 Å². The molecule has 3 aromatic rings. The first-order valence-corrected chi connectivity index (χ1v) is 11.6. The third-order valence-corrected chi connectivity index (χ3v) is 6.28. The van der Waals surface area contributed by atoms with Gasteiger partial charge in [0.15, 0.2) is 6.29 Å². The molecule has 1 aliphatic rings. The lowest BCUT2D eigenvalue weighted by Crippen LogP contribution is -2.27. The van der Waals surface area contributed by atoms with E-state index in [1.807, 2.05) is 42.5 Å². The van der Waals surface area contributed by atoms with Crippen molar-refractivity contribution in [3.63, 3.8) is 0 Å². The number of rotatable bonds is 8. The maximum absolute atomic E-state index is 15.2. The Morgan fingerprint density at radius 2 is 1.75 bits per heavy atom. The van der Waals surface area contributed by atoms with Crippen LogP contribution in [0.25, 0.3) is 10.8 Å². The van der Waals surface area contributed by atoms with E-state index >= 15 is 4.39 Å².